The molecule has 50 valence electrons. The fourth-order valence-corrected chi connectivity index (χ4v) is 0.396. The van der Waals surface area contributed by atoms with Gasteiger partial charge < -0.3 is 5.73 Å². The van der Waals surface area contributed by atoms with Crippen molar-refractivity contribution in [1.29, 1.82) is 0 Å². The molecule has 0 aliphatic heterocycles. The molecule has 0 aromatic heterocycles. The standard InChI is InChI=1S/C7H12N2/c1-3-4-5-7(2)9-6-8/h3-6H,1-2H3,(H2,8,9)/b4-3-,7-5-. The predicted molar refractivity (Wildman–Crippen MR) is 41.3 cm³/mol. The molecular weight excluding hydrogens is 112 g/mol. The lowest BCUT2D eigenvalue weighted by Gasteiger charge is -1.83. The number of rotatable bonds is 2. The third-order valence-electron chi connectivity index (χ3n) is 0.808. The summed E-state index contributed by atoms with van der Waals surface area (Å²) in [5.41, 5.74) is 5.96. The van der Waals surface area contributed by atoms with E-state index in [1.165, 1.54) is 6.34 Å². The topological polar surface area (TPSA) is 38.4 Å². The summed E-state index contributed by atoms with van der Waals surface area (Å²) in [6, 6.07) is 0. The van der Waals surface area contributed by atoms with Crippen LogP contribution < -0.4 is 5.73 Å². The van der Waals surface area contributed by atoms with Gasteiger partial charge in [-0.15, -0.1) is 0 Å². The Kier molecular flexibility index (Phi) is 4.50. The van der Waals surface area contributed by atoms with Crippen LogP contribution in [0.3, 0.4) is 0 Å². The van der Waals surface area contributed by atoms with E-state index in [-0.39, 0.29) is 0 Å². The minimum absolute atomic E-state index is 0.913. The number of allylic oxidation sites excluding steroid dienone is 4. The first-order valence-corrected chi connectivity index (χ1v) is 2.85. The second-order valence-corrected chi connectivity index (χ2v) is 1.61. The maximum Gasteiger partial charge on any atom is 0.0856 e. The second-order valence-electron chi connectivity index (χ2n) is 1.61. The highest BCUT2D eigenvalue weighted by Gasteiger charge is 1.73. The van der Waals surface area contributed by atoms with E-state index in [1.807, 2.05) is 32.1 Å². The Morgan fingerprint density at radius 1 is 1.56 bits per heavy atom. The first-order valence-electron chi connectivity index (χ1n) is 2.85. The van der Waals surface area contributed by atoms with E-state index in [1.54, 1.807) is 0 Å². The second kappa shape index (κ2) is 5.09. The van der Waals surface area contributed by atoms with E-state index in [2.05, 4.69) is 4.99 Å². The van der Waals surface area contributed by atoms with Crippen molar-refractivity contribution in [2.75, 3.05) is 0 Å². The molecule has 0 radical (unpaired) electrons. The van der Waals surface area contributed by atoms with Crippen LogP contribution in [0.25, 0.3) is 0 Å². The van der Waals surface area contributed by atoms with Crippen molar-refractivity contribution < 1.29 is 0 Å². The Bertz CT molecular complexity index is 143. The minimum atomic E-state index is 0.913. The molecule has 0 aliphatic rings. The summed E-state index contributed by atoms with van der Waals surface area (Å²) in [7, 11) is 0. The van der Waals surface area contributed by atoms with Crippen LogP contribution in [-0.4, -0.2) is 6.34 Å². The fraction of sp³-hybridized carbons (Fsp3) is 0.286. The van der Waals surface area contributed by atoms with Crippen LogP contribution in [0.4, 0.5) is 0 Å². The first kappa shape index (κ1) is 7.95. The summed E-state index contributed by atoms with van der Waals surface area (Å²) in [6.07, 6.45) is 7.04. The molecule has 0 heterocycles. The summed E-state index contributed by atoms with van der Waals surface area (Å²) < 4.78 is 0. The predicted octanol–water partition coefficient (Wildman–Crippen LogP) is 1.45. The van der Waals surface area contributed by atoms with Gasteiger partial charge in [0.15, 0.2) is 0 Å². The van der Waals surface area contributed by atoms with Crippen LogP contribution in [0.2, 0.25) is 0 Å². The van der Waals surface area contributed by atoms with Gasteiger partial charge in [-0.1, -0.05) is 12.2 Å². The van der Waals surface area contributed by atoms with Crippen LogP contribution in [0, 0.1) is 0 Å². The highest BCUT2D eigenvalue weighted by molar-refractivity contribution is 5.53. The molecule has 0 fully saturated rings. The molecule has 0 saturated heterocycles. The molecule has 0 spiro atoms. The normalized spacial score (nSPS) is 13.8. The van der Waals surface area contributed by atoms with Crippen molar-refractivity contribution in [1.82, 2.24) is 0 Å². The number of hydrogen-bond acceptors (Lipinski definition) is 1. The van der Waals surface area contributed by atoms with Gasteiger partial charge in [-0.3, -0.25) is 0 Å². The Morgan fingerprint density at radius 2 is 2.22 bits per heavy atom. The molecule has 0 saturated carbocycles. The molecule has 0 aromatic carbocycles. The van der Waals surface area contributed by atoms with E-state index in [4.69, 9.17) is 5.73 Å². The lowest BCUT2D eigenvalue weighted by molar-refractivity contribution is 1.31. The highest BCUT2D eigenvalue weighted by Crippen LogP contribution is 1.91. The molecule has 0 bridgehead atoms. The molecule has 0 unspecified atom stereocenters. The van der Waals surface area contributed by atoms with Crippen molar-refractivity contribution in [3.63, 3.8) is 0 Å². The van der Waals surface area contributed by atoms with Gasteiger partial charge in [0, 0.05) is 5.70 Å². The lowest BCUT2D eigenvalue weighted by Crippen LogP contribution is -1.87. The first-order chi connectivity index (χ1) is 4.31. The molecular formula is C7H12N2. The largest absolute Gasteiger partial charge is 0.390 e. The fourth-order valence-electron chi connectivity index (χ4n) is 0.396. The molecule has 0 aromatic rings. The van der Waals surface area contributed by atoms with Crippen LogP contribution in [0.5, 0.6) is 0 Å². The van der Waals surface area contributed by atoms with Crippen molar-refractivity contribution >= 4 is 6.34 Å². The Labute approximate surface area is 55.8 Å². The van der Waals surface area contributed by atoms with Crippen molar-refractivity contribution in [3.8, 4) is 0 Å². The third-order valence-corrected chi connectivity index (χ3v) is 0.808. The van der Waals surface area contributed by atoms with Gasteiger partial charge in [-0.05, 0) is 19.9 Å². The third kappa shape index (κ3) is 4.81. The van der Waals surface area contributed by atoms with E-state index in [0.29, 0.717) is 0 Å². The monoisotopic (exact) mass is 124 g/mol. The zero-order valence-corrected chi connectivity index (χ0v) is 5.83. The molecule has 9 heavy (non-hydrogen) atoms. The van der Waals surface area contributed by atoms with Crippen molar-refractivity contribution in [2.45, 2.75) is 13.8 Å². The zero-order chi connectivity index (χ0) is 7.11. The molecule has 2 heteroatoms. The van der Waals surface area contributed by atoms with Crippen molar-refractivity contribution in [3.05, 3.63) is 23.9 Å². The molecule has 2 nitrogen and oxygen atoms in total. The number of hydrogen-bond donors (Lipinski definition) is 1. The van der Waals surface area contributed by atoms with E-state index >= 15 is 0 Å². The molecule has 0 atom stereocenters. The van der Waals surface area contributed by atoms with Crippen LogP contribution >= 0.6 is 0 Å². The Morgan fingerprint density at radius 3 is 2.67 bits per heavy atom. The van der Waals surface area contributed by atoms with E-state index in [9.17, 15) is 0 Å². The summed E-state index contributed by atoms with van der Waals surface area (Å²) >= 11 is 0. The number of aliphatic imine (C=N–C) groups is 1. The molecule has 0 rings (SSSR count). The number of nitrogens with zero attached hydrogens (tertiary/aromatic N) is 1. The molecule has 0 amide bonds. The summed E-state index contributed by atoms with van der Waals surface area (Å²) in [6.45, 7) is 3.85. The van der Waals surface area contributed by atoms with Crippen LogP contribution in [0.15, 0.2) is 28.9 Å². The molecule has 2 N–H and O–H groups in total. The smallest absolute Gasteiger partial charge is 0.0856 e. The van der Waals surface area contributed by atoms with Crippen LogP contribution in [0.1, 0.15) is 13.8 Å². The van der Waals surface area contributed by atoms with Gasteiger partial charge in [0.05, 0.1) is 6.34 Å². The highest BCUT2D eigenvalue weighted by atomic mass is 14.8. The Hall–Kier alpha value is -1.05. The molecule has 0 aliphatic carbocycles. The average Bonchev–Trinajstić information content (AvgIpc) is 1.85. The summed E-state index contributed by atoms with van der Waals surface area (Å²) in [5.74, 6) is 0. The quantitative estimate of drug-likeness (QED) is 0.338. The summed E-state index contributed by atoms with van der Waals surface area (Å²) in [4.78, 5) is 3.82. The maximum atomic E-state index is 5.04. The average molecular weight is 124 g/mol. The van der Waals surface area contributed by atoms with Crippen molar-refractivity contribution in [2.24, 2.45) is 10.7 Å². The minimum Gasteiger partial charge on any atom is -0.390 e. The Balaban J connectivity index is 3.84. The van der Waals surface area contributed by atoms with Gasteiger partial charge in [-0.2, -0.15) is 0 Å². The van der Waals surface area contributed by atoms with Gasteiger partial charge in [0.25, 0.3) is 0 Å². The van der Waals surface area contributed by atoms with Gasteiger partial charge in [0.2, 0.25) is 0 Å². The SMILES string of the molecule is C/C=C\C=C(\C)N=CN. The van der Waals surface area contributed by atoms with E-state index < -0.39 is 0 Å². The number of nitrogens with two attached hydrogens (primary N) is 1. The zero-order valence-electron chi connectivity index (χ0n) is 5.83. The maximum absolute atomic E-state index is 5.04. The van der Waals surface area contributed by atoms with E-state index in [0.717, 1.165) is 5.70 Å². The lowest BCUT2D eigenvalue weighted by atomic mass is 10.4. The summed E-state index contributed by atoms with van der Waals surface area (Å²) in [5, 5.41) is 0. The van der Waals surface area contributed by atoms with Crippen LogP contribution in [-0.2, 0) is 0 Å². The van der Waals surface area contributed by atoms with Gasteiger partial charge in [-0.25, -0.2) is 4.99 Å². The van der Waals surface area contributed by atoms with Gasteiger partial charge in [0.1, 0.15) is 0 Å². The van der Waals surface area contributed by atoms with Gasteiger partial charge >= 0.3 is 0 Å².